The lowest BCUT2D eigenvalue weighted by Gasteiger charge is -2.31. The van der Waals surface area contributed by atoms with Gasteiger partial charge in [-0.2, -0.15) is 0 Å². The van der Waals surface area contributed by atoms with Crippen molar-refractivity contribution in [2.75, 3.05) is 26.2 Å². The number of nitrogens with one attached hydrogen (secondary N) is 1. The second-order valence-electron chi connectivity index (χ2n) is 4.86. The van der Waals surface area contributed by atoms with Crippen LogP contribution in [0.3, 0.4) is 0 Å². The molecule has 1 fully saturated rings. The van der Waals surface area contributed by atoms with Gasteiger partial charge in [-0.3, -0.25) is 9.69 Å². The van der Waals surface area contributed by atoms with Crippen molar-refractivity contribution >= 4 is 18.3 Å². The molecule has 1 rings (SSSR count). The summed E-state index contributed by atoms with van der Waals surface area (Å²) < 4.78 is 0. The summed E-state index contributed by atoms with van der Waals surface area (Å²) in [7, 11) is 0. The van der Waals surface area contributed by atoms with Crippen molar-refractivity contribution < 1.29 is 4.79 Å². The van der Waals surface area contributed by atoms with Gasteiger partial charge in [0.15, 0.2) is 0 Å². The Labute approximate surface area is 111 Å². The summed E-state index contributed by atoms with van der Waals surface area (Å²) >= 11 is 0. The summed E-state index contributed by atoms with van der Waals surface area (Å²) in [4.78, 5) is 13.9. The van der Waals surface area contributed by atoms with Crippen molar-refractivity contribution in [3.05, 3.63) is 0 Å². The predicted molar refractivity (Wildman–Crippen MR) is 73.4 cm³/mol. The van der Waals surface area contributed by atoms with E-state index in [9.17, 15) is 4.79 Å². The second-order valence-corrected chi connectivity index (χ2v) is 4.86. The summed E-state index contributed by atoms with van der Waals surface area (Å²) in [5.74, 6) is 0.720. The highest BCUT2D eigenvalue weighted by atomic mass is 35.5. The van der Waals surface area contributed by atoms with Gasteiger partial charge in [-0.05, 0) is 45.2 Å². The van der Waals surface area contributed by atoms with Gasteiger partial charge in [0.25, 0.3) is 0 Å². The third-order valence-corrected chi connectivity index (χ3v) is 3.32. The van der Waals surface area contributed by atoms with Gasteiger partial charge in [-0.15, -0.1) is 12.4 Å². The van der Waals surface area contributed by atoms with E-state index < -0.39 is 0 Å². The maximum atomic E-state index is 11.7. The minimum absolute atomic E-state index is 0. The molecular formula is C12H26ClN3O. The van der Waals surface area contributed by atoms with Gasteiger partial charge in [0, 0.05) is 12.6 Å². The molecule has 1 heterocycles. The molecule has 17 heavy (non-hydrogen) atoms. The molecule has 0 radical (unpaired) electrons. The van der Waals surface area contributed by atoms with E-state index in [4.69, 9.17) is 5.73 Å². The Morgan fingerprint density at radius 3 is 2.88 bits per heavy atom. The number of piperidine rings is 1. The lowest BCUT2D eigenvalue weighted by molar-refractivity contribution is -0.123. The van der Waals surface area contributed by atoms with Gasteiger partial charge in [0.05, 0.1) is 6.54 Å². The topological polar surface area (TPSA) is 58.4 Å². The molecule has 5 heteroatoms. The first-order chi connectivity index (χ1) is 7.65. The second kappa shape index (κ2) is 8.72. The lowest BCUT2D eigenvalue weighted by Crippen LogP contribution is -2.45. The molecule has 2 atom stereocenters. The Balaban J connectivity index is 0.00000256. The van der Waals surface area contributed by atoms with Crippen LogP contribution in [0.2, 0.25) is 0 Å². The van der Waals surface area contributed by atoms with Gasteiger partial charge in [-0.1, -0.05) is 6.92 Å². The molecule has 1 saturated heterocycles. The number of hydrogen-bond acceptors (Lipinski definition) is 3. The zero-order valence-electron chi connectivity index (χ0n) is 10.9. The fourth-order valence-corrected chi connectivity index (χ4v) is 2.11. The number of nitrogens with zero attached hydrogens (tertiary/aromatic N) is 1. The molecule has 0 aromatic heterocycles. The predicted octanol–water partition coefficient (Wildman–Crippen LogP) is 0.994. The van der Waals surface area contributed by atoms with E-state index >= 15 is 0 Å². The van der Waals surface area contributed by atoms with Crippen LogP contribution in [0.5, 0.6) is 0 Å². The van der Waals surface area contributed by atoms with Crippen molar-refractivity contribution in [2.24, 2.45) is 11.7 Å². The molecular weight excluding hydrogens is 238 g/mol. The first kappa shape index (κ1) is 16.7. The van der Waals surface area contributed by atoms with Gasteiger partial charge in [0.2, 0.25) is 5.91 Å². The Morgan fingerprint density at radius 1 is 1.59 bits per heavy atom. The van der Waals surface area contributed by atoms with Crippen molar-refractivity contribution in [3.8, 4) is 0 Å². The van der Waals surface area contributed by atoms with Crippen LogP contribution in [-0.2, 0) is 4.79 Å². The van der Waals surface area contributed by atoms with E-state index in [1.165, 1.54) is 12.8 Å². The first-order valence-corrected chi connectivity index (χ1v) is 6.37. The molecule has 0 aliphatic carbocycles. The molecule has 102 valence electrons. The van der Waals surface area contributed by atoms with E-state index in [0.29, 0.717) is 12.5 Å². The largest absolute Gasteiger partial charge is 0.353 e. The van der Waals surface area contributed by atoms with Gasteiger partial charge < -0.3 is 11.1 Å². The molecule has 2 unspecified atom stereocenters. The molecule has 0 saturated carbocycles. The number of carbonyl (C=O) groups excluding carboxylic acids is 1. The highest BCUT2D eigenvalue weighted by Crippen LogP contribution is 2.14. The quantitative estimate of drug-likeness (QED) is 0.778. The summed E-state index contributed by atoms with van der Waals surface area (Å²) in [6, 6.07) is 0.280. The highest BCUT2D eigenvalue weighted by Gasteiger charge is 2.20. The van der Waals surface area contributed by atoms with Crippen LogP contribution in [0.1, 0.15) is 33.1 Å². The maximum absolute atomic E-state index is 11.7. The monoisotopic (exact) mass is 263 g/mol. The molecule has 0 aromatic carbocycles. The summed E-state index contributed by atoms with van der Waals surface area (Å²) in [5.41, 5.74) is 5.67. The first-order valence-electron chi connectivity index (χ1n) is 6.37. The van der Waals surface area contributed by atoms with Crippen molar-refractivity contribution in [1.82, 2.24) is 10.2 Å². The van der Waals surface area contributed by atoms with Crippen LogP contribution in [-0.4, -0.2) is 43.0 Å². The van der Waals surface area contributed by atoms with Crippen LogP contribution in [0.4, 0.5) is 0 Å². The minimum Gasteiger partial charge on any atom is -0.353 e. The fourth-order valence-electron chi connectivity index (χ4n) is 2.11. The molecule has 0 spiro atoms. The number of carbonyl (C=O) groups is 1. The summed E-state index contributed by atoms with van der Waals surface area (Å²) in [5, 5.41) is 3.00. The number of amides is 1. The van der Waals surface area contributed by atoms with Crippen LogP contribution >= 0.6 is 12.4 Å². The van der Waals surface area contributed by atoms with Gasteiger partial charge in [0.1, 0.15) is 0 Å². The molecule has 0 bridgehead atoms. The lowest BCUT2D eigenvalue weighted by atomic mass is 9.98. The Bertz CT molecular complexity index is 226. The van der Waals surface area contributed by atoms with Crippen molar-refractivity contribution in [2.45, 2.75) is 39.2 Å². The maximum Gasteiger partial charge on any atom is 0.234 e. The summed E-state index contributed by atoms with van der Waals surface area (Å²) in [6.07, 6.45) is 3.36. The van der Waals surface area contributed by atoms with E-state index in [-0.39, 0.29) is 24.4 Å². The smallest absolute Gasteiger partial charge is 0.234 e. The third-order valence-electron chi connectivity index (χ3n) is 3.32. The van der Waals surface area contributed by atoms with Crippen molar-refractivity contribution in [3.63, 3.8) is 0 Å². The highest BCUT2D eigenvalue weighted by molar-refractivity contribution is 5.85. The normalized spacial score (nSPS) is 22.6. The zero-order valence-corrected chi connectivity index (χ0v) is 11.8. The minimum atomic E-state index is 0. The number of halogens is 1. The Kier molecular flexibility index (Phi) is 8.56. The molecule has 1 amide bonds. The van der Waals surface area contributed by atoms with E-state index in [1.807, 2.05) is 6.92 Å². The summed E-state index contributed by atoms with van der Waals surface area (Å²) in [6.45, 7) is 7.40. The van der Waals surface area contributed by atoms with E-state index in [1.54, 1.807) is 0 Å². The van der Waals surface area contributed by atoms with Crippen LogP contribution in [0.25, 0.3) is 0 Å². The average Bonchev–Trinajstić information content (AvgIpc) is 2.28. The molecule has 1 aliphatic heterocycles. The Hall–Kier alpha value is -0.320. The van der Waals surface area contributed by atoms with E-state index in [2.05, 4.69) is 17.1 Å². The average molecular weight is 264 g/mol. The van der Waals surface area contributed by atoms with Gasteiger partial charge >= 0.3 is 0 Å². The SMILES string of the molecule is CCC(C)NC(=O)CN1CCCC(CN)C1.Cl. The van der Waals surface area contributed by atoms with Crippen LogP contribution in [0, 0.1) is 5.92 Å². The van der Waals surface area contributed by atoms with Gasteiger partial charge in [-0.25, -0.2) is 0 Å². The number of rotatable bonds is 5. The molecule has 3 N–H and O–H groups in total. The fraction of sp³-hybridized carbons (Fsp3) is 0.917. The number of likely N-dealkylation sites (tertiary alicyclic amines) is 1. The molecule has 4 nitrogen and oxygen atoms in total. The van der Waals surface area contributed by atoms with Crippen LogP contribution < -0.4 is 11.1 Å². The van der Waals surface area contributed by atoms with Crippen molar-refractivity contribution in [1.29, 1.82) is 0 Å². The van der Waals surface area contributed by atoms with Crippen LogP contribution in [0.15, 0.2) is 0 Å². The standard InChI is InChI=1S/C12H25N3O.ClH/c1-3-10(2)14-12(16)9-15-6-4-5-11(7-13)8-15;/h10-11H,3-9,13H2,1-2H3,(H,14,16);1H. The van der Waals surface area contributed by atoms with E-state index in [0.717, 1.165) is 26.1 Å². The number of nitrogens with two attached hydrogens (primary N) is 1. The molecule has 0 aromatic rings. The number of hydrogen-bond donors (Lipinski definition) is 2. The Morgan fingerprint density at radius 2 is 2.29 bits per heavy atom. The third kappa shape index (κ3) is 6.24. The molecule has 1 aliphatic rings. The zero-order chi connectivity index (χ0) is 12.0.